The molecule has 4 atom stereocenters. The van der Waals surface area contributed by atoms with E-state index in [1.54, 1.807) is 24.3 Å². The number of ether oxygens (including phenoxy) is 1. The fourth-order valence-corrected chi connectivity index (χ4v) is 3.45. The van der Waals surface area contributed by atoms with E-state index in [2.05, 4.69) is 5.32 Å². The smallest absolute Gasteiger partial charge is 0.416 e. The fourth-order valence-electron chi connectivity index (χ4n) is 3.45. The number of carbonyl (C=O) groups excluding carboxylic acids is 1. The molecule has 1 aliphatic rings. The van der Waals surface area contributed by atoms with E-state index in [-0.39, 0.29) is 17.9 Å². The largest absolute Gasteiger partial charge is 0.497 e. The predicted octanol–water partition coefficient (Wildman–Crippen LogP) is 2.72. The van der Waals surface area contributed by atoms with Gasteiger partial charge in [-0.25, -0.2) is 0 Å². The van der Waals surface area contributed by atoms with Crippen LogP contribution in [0, 0.1) is 0 Å². The van der Waals surface area contributed by atoms with Gasteiger partial charge in [-0.1, -0.05) is 12.1 Å². The average Bonchev–Trinajstić information content (AvgIpc) is 2.96. The summed E-state index contributed by atoms with van der Waals surface area (Å²) in [5.41, 5.74) is -0.0133. The van der Waals surface area contributed by atoms with Crippen LogP contribution in [-0.2, 0) is 6.18 Å². The maximum Gasteiger partial charge on any atom is 0.416 e. The van der Waals surface area contributed by atoms with Crippen LogP contribution in [0.1, 0.15) is 33.8 Å². The molecule has 0 saturated heterocycles. The summed E-state index contributed by atoms with van der Waals surface area (Å²) in [6.45, 7) is 0. The Morgan fingerprint density at radius 3 is 2.21 bits per heavy atom. The molecule has 0 spiro atoms. The van der Waals surface area contributed by atoms with Crippen molar-refractivity contribution in [3.63, 3.8) is 0 Å². The lowest BCUT2D eigenvalue weighted by Gasteiger charge is -2.24. The molecule has 1 saturated carbocycles. The lowest BCUT2D eigenvalue weighted by molar-refractivity contribution is -0.137. The van der Waals surface area contributed by atoms with Gasteiger partial charge in [0.05, 0.1) is 24.8 Å². The van der Waals surface area contributed by atoms with Crippen molar-refractivity contribution in [1.29, 1.82) is 0 Å². The SMILES string of the molecule is COc1ccc([C@H]2C[C@@H](O)[C@@H](O)[C@@H]2NC(=O)c2ccc(C(F)(F)F)cc2)cc1. The van der Waals surface area contributed by atoms with Crippen molar-refractivity contribution in [3.8, 4) is 5.75 Å². The minimum atomic E-state index is -4.49. The van der Waals surface area contributed by atoms with Gasteiger partial charge in [-0.2, -0.15) is 13.2 Å². The number of hydrogen-bond acceptors (Lipinski definition) is 4. The maximum absolute atomic E-state index is 12.7. The molecule has 0 bridgehead atoms. The molecule has 3 rings (SSSR count). The van der Waals surface area contributed by atoms with Gasteiger partial charge in [0.1, 0.15) is 11.9 Å². The molecular weight excluding hydrogens is 375 g/mol. The van der Waals surface area contributed by atoms with Crippen molar-refractivity contribution in [1.82, 2.24) is 5.32 Å². The van der Waals surface area contributed by atoms with Gasteiger partial charge in [0.25, 0.3) is 5.91 Å². The summed E-state index contributed by atoms with van der Waals surface area (Å²) in [6, 6.07) is 10.1. The van der Waals surface area contributed by atoms with Crippen molar-refractivity contribution < 1.29 is 32.9 Å². The highest BCUT2D eigenvalue weighted by Crippen LogP contribution is 2.36. The van der Waals surface area contributed by atoms with E-state index in [0.717, 1.165) is 29.8 Å². The number of benzene rings is 2. The summed E-state index contributed by atoms with van der Waals surface area (Å²) >= 11 is 0. The van der Waals surface area contributed by atoms with E-state index >= 15 is 0 Å². The first-order chi connectivity index (χ1) is 13.2. The molecule has 5 nitrogen and oxygen atoms in total. The van der Waals surface area contributed by atoms with E-state index in [0.29, 0.717) is 5.75 Å². The normalized spacial score (nSPS) is 24.8. The molecule has 150 valence electrons. The van der Waals surface area contributed by atoms with Gasteiger partial charge in [-0.3, -0.25) is 4.79 Å². The number of methoxy groups -OCH3 is 1. The first kappa shape index (κ1) is 20.2. The minimum Gasteiger partial charge on any atom is -0.497 e. The Morgan fingerprint density at radius 2 is 1.68 bits per heavy atom. The van der Waals surface area contributed by atoms with Crippen LogP contribution < -0.4 is 10.1 Å². The molecule has 2 aromatic rings. The van der Waals surface area contributed by atoms with Gasteiger partial charge in [0.2, 0.25) is 0 Å². The second kappa shape index (κ2) is 7.81. The molecule has 0 aliphatic heterocycles. The van der Waals surface area contributed by atoms with Crippen LogP contribution in [0.15, 0.2) is 48.5 Å². The number of aliphatic hydroxyl groups is 2. The Labute approximate surface area is 159 Å². The molecule has 0 aromatic heterocycles. The second-order valence-corrected chi connectivity index (χ2v) is 6.75. The van der Waals surface area contributed by atoms with Gasteiger partial charge < -0.3 is 20.3 Å². The molecule has 1 aliphatic carbocycles. The van der Waals surface area contributed by atoms with Gasteiger partial charge in [0.15, 0.2) is 0 Å². The van der Waals surface area contributed by atoms with Crippen LogP contribution in [0.25, 0.3) is 0 Å². The maximum atomic E-state index is 12.7. The minimum absolute atomic E-state index is 0.0371. The highest BCUT2D eigenvalue weighted by atomic mass is 19.4. The summed E-state index contributed by atoms with van der Waals surface area (Å²) in [5, 5.41) is 23.0. The van der Waals surface area contributed by atoms with Crippen LogP contribution >= 0.6 is 0 Å². The first-order valence-electron chi connectivity index (χ1n) is 8.69. The summed E-state index contributed by atoms with van der Waals surface area (Å²) in [4.78, 5) is 12.5. The molecule has 0 unspecified atom stereocenters. The predicted molar refractivity (Wildman–Crippen MR) is 95.1 cm³/mol. The van der Waals surface area contributed by atoms with E-state index < -0.39 is 35.9 Å². The van der Waals surface area contributed by atoms with Crippen molar-refractivity contribution in [3.05, 3.63) is 65.2 Å². The third kappa shape index (κ3) is 4.13. The van der Waals surface area contributed by atoms with Crippen molar-refractivity contribution in [2.24, 2.45) is 0 Å². The number of rotatable bonds is 4. The molecule has 0 radical (unpaired) electrons. The zero-order valence-corrected chi connectivity index (χ0v) is 15.0. The average molecular weight is 395 g/mol. The zero-order valence-electron chi connectivity index (χ0n) is 15.0. The van der Waals surface area contributed by atoms with E-state index in [9.17, 15) is 28.2 Å². The Bertz CT molecular complexity index is 821. The monoisotopic (exact) mass is 395 g/mol. The summed E-state index contributed by atoms with van der Waals surface area (Å²) < 4.78 is 43.1. The van der Waals surface area contributed by atoms with Crippen LogP contribution in [0.4, 0.5) is 13.2 Å². The van der Waals surface area contributed by atoms with Crippen molar-refractivity contribution in [2.45, 2.75) is 36.8 Å². The van der Waals surface area contributed by atoms with E-state index in [1.165, 1.54) is 7.11 Å². The van der Waals surface area contributed by atoms with Gasteiger partial charge >= 0.3 is 6.18 Å². The molecule has 3 N–H and O–H groups in total. The van der Waals surface area contributed by atoms with Gasteiger partial charge in [0, 0.05) is 11.5 Å². The van der Waals surface area contributed by atoms with Crippen LogP contribution in [-0.4, -0.2) is 41.5 Å². The van der Waals surface area contributed by atoms with Crippen molar-refractivity contribution >= 4 is 5.91 Å². The van der Waals surface area contributed by atoms with Gasteiger partial charge in [-0.05, 0) is 48.4 Å². The number of aliphatic hydroxyl groups excluding tert-OH is 2. The topological polar surface area (TPSA) is 78.8 Å². The Morgan fingerprint density at radius 1 is 1.07 bits per heavy atom. The summed E-state index contributed by atoms with van der Waals surface area (Å²) in [7, 11) is 1.53. The molecule has 1 fully saturated rings. The van der Waals surface area contributed by atoms with E-state index in [1.807, 2.05) is 0 Å². The van der Waals surface area contributed by atoms with Crippen LogP contribution in [0.2, 0.25) is 0 Å². The number of amides is 1. The first-order valence-corrected chi connectivity index (χ1v) is 8.69. The lowest BCUT2D eigenvalue weighted by Crippen LogP contribution is -2.45. The number of nitrogens with one attached hydrogen (secondary N) is 1. The number of alkyl halides is 3. The number of carbonyl (C=O) groups is 1. The molecule has 28 heavy (non-hydrogen) atoms. The molecule has 0 heterocycles. The summed E-state index contributed by atoms with van der Waals surface area (Å²) in [6.07, 6.45) is -6.46. The molecule has 1 amide bonds. The van der Waals surface area contributed by atoms with E-state index in [4.69, 9.17) is 4.74 Å². The van der Waals surface area contributed by atoms with Gasteiger partial charge in [-0.15, -0.1) is 0 Å². The van der Waals surface area contributed by atoms with Crippen molar-refractivity contribution in [2.75, 3.05) is 7.11 Å². The highest BCUT2D eigenvalue weighted by molar-refractivity contribution is 5.94. The molecule has 8 heteroatoms. The Hall–Kier alpha value is -2.58. The third-order valence-corrected chi connectivity index (χ3v) is 5.01. The Kier molecular flexibility index (Phi) is 5.62. The molecular formula is C20H20F3NO4. The zero-order chi connectivity index (χ0) is 20.5. The number of hydrogen-bond donors (Lipinski definition) is 3. The van der Waals surface area contributed by atoms with Crippen LogP contribution in [0.3, 0.4) is 0 Å². The number of halogens is 3. The van der Waals surface area contributed by atoms with Crippen LogP contribution in [0.5, 0.6) is 5.75 Å². The third-order valence-electron chi connectivity index (χ3n) is 5.01. The fraction of sp³-hybridized carbons (Fsp3) is 0.350. The quantitative estimate of drug-likeness (QED) is 0.744. The standard InChI is InChI=1S/C20H20F3NO4/c1-28-14-8-4-11(5-9-14)15-10-16(25)18(26)17(15)24-19(27)12-2-6-13(7-3-12)20(21,22)23/h2-9,15-18,25-26H,10H2,1H3,(H,24,27)/t15-,16-,17-,18-/m1/s1. The summed E-state index contributed by atoms with van der Waals surface area (Å²) in [5.74, 6) is -0.326. The highest BCUT2D eigenvalue weighted by Gasteiger charge is 2.43. The molecule has 2 aromatic carbocycles. The Balaban J connectivity index is 1.78. The lowest BCUT2D eigenvalue weighted by atomic mass is 9.93. The second-order valence-electron chi connectivity index (χ2n) is 6.75.